The van der Waals surface area contributed by atoms with Crippen LogP contribution in [0.5, 0.6) is 0 Å². The van der Waals surface area contributed by atoms with Gasteiger partial charge in [0, 0.05) is 12.8 Å². The van der Waals surface area contributed by atoms with Gasteiger partial charge in [0.1, 0.15) is 4.88 Å². The summed E-state index contributed by atoms with van der Waals surface area (Å²) in [5.74, 6) is -0.964. The smallest absolute Gasteiger partial charge is 0.347 e. The first-order valence-electron chi connectivity index (χ1n) is 5.23. The molecule has 1 aromatic heterocycles. The molecule has 1 aromatic carbocycles. The van der Waals surface area contributed by atoms with Gasteiger partial charge in [-0.25, -0.2) is 9.78 Å². The molecule has 94 valence electrons. The average Bonchev–Trinajstić information content (AvgIpc) is 2.78. The van der Waals surface area contributed by atoms with Crippen LogP contribution in [0.25, 0.3) is 0 Å². The Morgan fingerprint density at radius 1 is 1.56 bits per heavy atom. The van der Waals surface area contributed by atoms with Gasteiger partial charge in [0.05, 0.1) is 12.8 Å². The number of carboxylic acid groups (broad SMARTS) is 1. The lowest BCUT2D eigenvalue weighted by molar-refractivity contribution is 0.0702. The first-order chi connectivity index (χ1) is 8.69. The molecule has 2 aromatic rings. The van der Waals surface area contributed by atoms with Crippen LogP contribution in [0.2, 0.25) is 0 Å². The summed E-state index contributed by atoms with van der Waals surface area (Å²) in [4.78, 5) is 14.9. The van der Waals surface area contributed by atoms with Crippen molar-refractivity contribution in [2.75, 3.05) is 12.4 Å². The number of aromatic carboxylic acids is 1. The summed E-state index contributed by atoms with van der Waals surface area (Å²) >= 11 is 1.10. The zero-order valence-electron chi connectivity index (χ0n) is 9.71. The summed E-state index contributed by atoms with van der Waals surface area (Å²) in [6.45, 7) is 0.535. The lowest BCUT2D eigenvalue weighted by Gasteiger charge is -2.05. The molecule has 0 aliphatic rings. The number of ether oxygens (including phenoxy) is 1. The van der Waals surface area contributed by atoms with Crippen molar-refractivity contribution in [3.8, 4) is 0 Å². The molecule has 0 radical (unpaired) electrons. The Morgan fingerprint density at radius 3 is 3.06 bits per heavy atom. The van der Waals surface area contributed by atoms with Crippen molar-refractivity contribution in [3.63, 3.8) is 0 Å². The summed E-state index contributed by atoms with van der Waals surface area (Å²) in [6.07, 6.45) is 1.34. The number of hydrogen-bond acceptors (Lipinski definition) is 5. The number of methoxy groups -OCH3 is 1. The molecular formula is C12H12N2O3S. The number of carboxylic acids is 1. The number of aromatic nitrogens is 1. The molecule has 5 nitrogen and oxygen atoms in total. The zero-order valence-corrected chi connectivity index (χ0v) is 10.5. The van der Waals surface area contributed by atoms with Gasteiger partial charge in [-0.1, -0.05) is 23.5 Å². The number of rotatable bonds is 5. The summed E-state index contributed by atoms with van der Waals surface area (Å²) < 4.78 is 5.05. The average molecular weight is 264 g/mol. The molecule has 0 bridgehead atoms. The number of nitrogens with zero attached hydrogens (tertiary/aromatic N) is 1. The van der Waals surface area contributed by atoms with Crippen LogP contribution >= 0.6 is 11.3 Å². The van der Waals surface area contributed by atoms with Crippen LogP contribution in [0.4, 0.5) is 10.8 Å². The van der Waals surface area contributed by atoms with Crippen molar-refractivity contribution in [1.29, 1.82) is 0 Å². The Balaban J connectivity index is 2.12. The van der Waals surface area contributed by atoms with Crippen LogP contribution < -0.4 is 5.32 Å². The molecule has 2 rings (SSSR count). The van der Waals surface area contributed by atoms with Crippen LogP contribution in [0.15, 0.2) is 30.5 Å². The first-order valence-corrected chi connectivity index (χ1v) is 6.04. The molecule has 0 fully saturated rings. The third-order valence-corrected chi connectivity index (χ3v) is 3.11. The van der Waals surface area contributed by atoms with Crippen LogP contribution in [-0.4, -0.2) is 23.2 Å². The quantitative estimate of drug-likeness (QED) is 0.868. The zero-order chi connectivity index (χ0) is 13.0. The molecule has 0 atom stereocenters. The number of nitrogens with one attached hydrogen (secondary N) is 1. The second kappa shape index (κ2) is 5.61. The predicted molar refractivity (Wildman–Crippen MR) is 69.5 cm³/mol. The van der Waals surface area contributed by atoms with Crippen molar-refractivity contribution in [1.82, 2.24) is 4.98 Å². The van der Waals surface area contributed by atoms with E-state index in [1.54, 1.807) is 7.11 Å². The maximum absolute atomic E-state index is 10.7. The molecule has 1 heterocycles. The third kappa shape index (κ3) is 3.06. The molecule has 0 unspecified atom stereocenters. The van der Waals surface area contributed by atoms with Crippen molar-refractivity contribution in [3.05, 3.63) is 40.9 Å². The first kappa shape index (κ1) is 12.5. The highest BCUT2D eigenvalue weighted by Gasteiger charge is 2.08. The topological polar surface area (TPSA) is 71.5 Å². The fraction of sp³-hybridized carbons (Fsp3) is 0.167. The minimum absolute atomic E-state index is 0.213. The number of hydrogen-bond donors (Lipinski definition) is 2. The lowest BCUT2D eigenvalue weighted by atomic mass is 10.2. The van der Waals surface area contributed by atoms with Gasteiger partial charge >= 0.3 is 5.97 Å². The maximum Gasteiger partial charge on any atom is 0.347 e. The number of anilines is 2. The van der Waals surface area contributed by atoms with Crippen molar-refractivity contribution < 1.29 is 14.6 Å². The minimum Gasteiger partial charge on any atom is -0.477 e. The molecule has 6 heteroatoms. The normalized spacial score (nSPS) is 10.3. The molecule has 0 spiro atoms. The van der Waals surface area contributed by atoms with Gasteiger partial charge in [0.15, 0.2) is 5.13 Å². The number of benzene rings is 1. The molecule has 0 aliphatic heterocycles. The fourth-order valence-electron chi connectivity index (χ4n) is 1.46. The van der Waals surface area contributed by atoms with E-state index in [2.05, 4.69) is 10.3 Å². The van der Waals surface area contributed by atoms with E-state index >= 15 is 0 Å². The van der Waals surface area contributed by atoms with E-state index in [1.165, 1.54) is 6.20 Å². The van der Waals surface area contributed by atoms with Crippen LogP contribution in [0.1, 0.15) is 15.2 Å². The fourth-order valence-corrected chi connectivity index (χ4v) is 2.14. The molecule has 0 saturated heterocycles. The predicted octanol–water partition coefficient (Wildman–Crippen LogP) is 2.73. The Hall–Kier alpha value is -1.92. The molecule has 0 saturated carbocycles. The SMILES string of the molecule is COCc1cccc(Nc2ncc(C(=O)O)s2)c1. The van der Waals surface area contributed by atoms with Gasteiger partial charge < -0.3 is 15.2 Å². The molecule has 2 N–H and O–H groups in total. The van der Waals surface area contributed by atoms with E-state index in [0.717, 1.165) is 22.6 Å². The summed E-state index contributed by atoms with van der Waals surface area (Å²) in [7, 11) is 1.64. The second-order valence-corrected chi connectivity index (χ2v) is 4.62. The van der Waals surface area contributed by atoms with Crippen LogP contribution in [-0.2, 0) is 11.3 Å². The summed E-state index contributed by atoms with van der Waals surface area (Å²) in [5, 5.41) is 12.4. The molecule has 0 amide bonds. The monoisotopic (exact) mass is 264 g/mol. The van der Waals surface area contributed by atoms with E-state index in [0.29, 0.717) is 11.7 Å². The van der Waals surface area contributed by atoms with Gasteiger partial charge in [0.25, 0.3) is 0 Å². The molecule has 18 heavy (non-hydrogen) atoms. The maximum atomic E-state index is 10.7. The Bertz CT molecular complexity index is 554. The van der Waals surface area contributed by atoms with Crippen molar-refractivity contribution in [2.45, 2.75) is 6.61 Å². The highest BCUT2D eigenvalue weighted by molar-refractivity contribution is 7.17. The van der Waals surface area contributed by atoms with E-state index < -0.39 is 5.97 Å². The van der Waals surface area contributed by atoms with Crippen LogP contribution in [0, 0.1) is 0 Å². The minimum atomic E-state index is -0.964. The molecule has 0 aliphatic carbocycles. The van der Waals surface area contributed by atoms with Gasteiger partial charge in [-0.15, -0.1) is 0 Å². The van der Waals surface area contributed by atoms with E-state index in [4.69, 9.17) is 9.84 Å². The summed E-state index contributed by atoms with van der Waals surface area (Å²) in [6, 6.07) is 7.69. The van der Waals surface area contributed by atoms with Gasteiger partial charge in [0.2, 0.25) is 0 Å². The van der Waals surface area contributed by atoms with Crippen molar-refractivity contribution in [2.24, 2.45) is 0 Å². The standard InChI is InChI=1S/C12H12N2O3S/c1-17-7-8-3-2-4-9(5-8)14-12-13-6-10(18-12)11(15)16/h2-6H,7H2,1H3,(H,13,14)(H,15,16). The van der Waals surface area contributed by atoms with Gasteiger partial charge in [-0.05, 0) is 17.7 Å². The molecular weight excluding hydrogens is 252 g/mol. The second-order valence-electron chi connectivity index (χ2n) is 3.59. The number of carbonyl (C=O) groups is 1. The number of thiazole rings is 1. The largest absolute Gasteiger partial charge is 0.477 e. The highest BCUT2D eigenvalue weighted by Crippen LogP contribution is 2.23. The van der Waals surface area contributed by atoms with Gasteiger partial charge in [-0.2, -0.15) is 0 Å². The Morgan fingerprint density at radius 2 is 2.39 bits per heavy atom. The van der Waals surface area contributed by atoms with Gasteiger partial charge in [-0.3, -0.25) is 0 Å². The highest BCUT2D eigenvalue weighted by atomic mass is 32.1. The summed E-state index contributed by atoms with van der Waals surface area (Å²) in [5.41, 5.74) is 1.90. The van der Waals surface area contributed by atoms with Crippen LogP contribution in [0.3, 0.4) is 0 Å². The van der Waals surface area contributed by atoms with E-state index in [-0.39, 0.29) is 4.88 Å². The Kier molecular flexibility index (Phi) is 3.91. The van der Waals surface area contributed by atoms with E-state index in [9.17, 15) is 4.79 Å². The lowest BCUT2D eigenvalue weighted by Crippen LogP contribution is -1.92. The third-order valence-electron chi connectivity index (χ3n) is 2.21. The van der Waals surface area contributed by atoms with Crippen molar-refractivity contribution >= 4 is 28.1 Å². The Labute approximate surface area is 108 Å². The van der Waals surface area contributed by atoms with E-state index in [1.807, 2.05) is 24.3 Å².